The molecule has 0 heterocycles. The summed E-state index contributed by atoms with van der Waals surface area (Å²) < 4.78 is 102. The Balaban J connectivity index is 3.20. The van der Waals surface area contributed by atoms with E-state index in [9.17, 15) is 39.9 Å². The third-order valence-corrected chi connectivity index (χ3v) is 3.29. The van der Waals surface area contributed by atoms with Gasteiger partial charge >= 0.3 is 12.4 Å². The SMILES string of the molecule is CC(C(=O)N[C@@H](c1ccccc1)C(F)F)(C(F)(F)F)C(F)(F)F. The first-order chi connectivity index (χ1) is 10.3. The highest BCUT2D eigenvalue weighted by Crippen LogP contribution is 2.50. The molecule has 0 aliphatic heterocycles. The van der Waals surface area contributed by atoms with Crippen LogP contribution >= 0.6 is 0 Å². The van der Waals surface area contributed by atoms with Gasteiger partial charge in [0.1, 0.15) is 6.04 Å². The first-order valence-corrected chi connectivity index (χ1v) is 6.10. The van der Waals surface area contributed by atoms with Gasteiger partial charge in [-0.25, -0.2) is 8.78 Å². The maximum absolute atomic E-state index is 12.9. The molecule has 130 valence electrons. The van der Waals surface area contributed by atoms with Crippen LogP contribution in [0.3, 0.4) is 0 Å². The lowest BCUT2D eigenvalue weighted by atomic mass is 9.87. The number of benzene rings is 1. The van der Waals surface area contributed by atoms with Gasteiger partial charge in [0, 0.05) is 0 Å². The van der Waals surface area contributed by atoms with Crippen molar-refractivity contribution in [3.63, 3.8) is 0 Å². The number of carbonyl (C=O) groups is 1. The van der Waals surface area contributed by atoms with Crippen molar-refractivity contribution in [2.45, 2.75) is 31.7 Å². The number of carbonyl (C=O) groups excluding carboxylic acids is 1. The number of amides is 1. The Kier molecular flexibility index (Phi) is 5.27. The van der Waals surface area contributed by atoms with Gasteiger partial charge in [0.2, 0.25) is 11.3 Å². The number of hydrogen-bond acceptors (Lipinski definition) is 1. The van der Waals surface area contributed by atoms with Gasteiger partial charge in [-0.3, -0.25) is 4.79 Å². The summed E-state index contributed by atoms with van der Waals surface area (Å²) in [7, 11) is 0. The molecule has 0 unspecified atom stereocenters. The Morgan fingerprint density at radius 3 is 1.74 bits per heavy atom. The second kappa shape index (κ2) is 6.32. The summed E-state index contributed by atoms with van der Waals surface area (Å²) in [6.07, 6.45) is -15.4. The first-order valence-electron chi connectivity index (χ1n) is 6.10. The first kappa shape index (κ1) is 19.2. The van der Waals surface area contributed by atoms with Crippen molar-refractivity contribution in [2.75, 3.05) is 0 Å². The molecule has 1 amide bonds. The summed E-state index contributed by atoms with van der Waals surface area (Å²) in [4.78, 5) is 11.6. The lowest BCUT2D eigenvalue weighted by molar-refractivity contribution is -0.319. The standard InChI is InChI=1S/C13H11F8NO/c1-11(12(16,17)18,13(19,20)21)10(23)22-8(9(14)15)7-5-3-2-4-6-7/h2-6,8-9H,1H3,(H,22,23)/t8-/m0/s1. The molecule has 0 aliphatic rings. The summed E-state index contributed by atoms with van der Waals surface area (Å²) in [6, 6.07) is 3.72. The zero-order chi connectivity index (χ0) is 18.1. The highest BCUT2D eigenvalue weighted by molar-refractivity contribution is 5.84. The quantitative estimate of drug-likeness (QED) is 0.810. The summed E-state index contributed by atoms with van der Waals surface area (Å²) in [5.41, 5.74) is -5.12. The number of rotatable bonds is 4. The van der Waals surface area contributed by atoms with Crippen LogP contribution in [0.25, 0.3) is 0 Å². The Morgan fingerprint density at radius 1 is 0.957 bits per heavy atom. The molecule has 0 aliphatic carbocycles. The average molecular weight is 349 g/mol. The normalized spacial score (nSPS) is 14.7. The highest BCUT2D eigenvalue weighted by Gasteiger charge is 2.72. The fraction of sp³-hybridized carbons (Fsp3) is 0.462. The molecule has 0 saturated carbocycles. The molecule has 0 saturated heterocycles. The second-order valence-electron chi connectivity index (χ2n) is 4.82. The van der Waals surface area contributed by atoms with Crippen LogP contribution in [0.1, 0.15) is 18.5 Å². The van der Waals surface area contributed by atoms with Crippen LogP contribution < -0.4 is 5.32 Å². The van der Waals surface area contributed by atoms with Crippen molar-refractivity contribution in [2.24, 2.45) is 5.41 Å². The molecule has 10 heteroatoms. The molecule has 0 aromatic heterocycles. The third kappa shape index (κ3) is 3.73. The topological polar surface area (TPSA) is 29.1 Å². The van der Waals surface area contributed by atoms with Crippen LogP contribution in [0.5, 0.6) is 0 Å². The molecule has 1 aromatic rings. The molecule has 1 rings (SSSR count). The number of halogens is 8. The van der Waals surface area contributed by atoms with Crippen molar-refractivity contribution in [3.05, 3.63) is 35.9 Å². The molecule has 0 bridgehead atoms. The molecular formula is C13H11F8NO. The van der Waals surface area contributed by atoms with Crippen molar-refractivity contribution in [1.29, 1.82) is 0 Å². The van der Waals surface area contributed by atoms with E-state index >= 15 is 0 Å². The van der Waals surface area contributed by atoms with Crippen molar-refractivity contribution in [3.8, 4) is 0 Å². The van der Waals surface area contributed by atoms with Gasteiger partial charge in [0.25, 0.3) is 6.43 Å². The van der Waals surface area contributed by atoms with E-state index in [4.69, 9.17) is 0 Å². The zero-order valence-electron chi connectivity index (χ0n) is 11.5. The Hall–Kier alpha value is -1.87. The molecule has 1 atom stereocenters. The minimum atomic E-state index is -6.00. The third-order valence-electron chi connectivity index (χ3n) is 3.29. The average Bonchev–Trinajstić information content (AvgIpc) is 2.41. The smallest absolute Gasteiger partial charge is 0.342 e. The minimum Gasteiger partial charge on any atom is -0.342 e. The van der Waals surface area contributed by atoms with Crippen LogP contribution in [0.15, 0.2) is 30.3 Å². The van der Waals surface area contributed by atoms with Crippen LogP contribution in [0, 0.1) is 5.41 Å². The molecule has 1 aromatic carbocycles. The molecule has 2 nitrogen and oxygen atoms in total. The van der Waals surface area contributed by atoms with E-state index in [1.165, 1.54) is 18.2 Å². The van der Waals surface area contributed by atoms with E-state index in [2.05, 4.69) is 0 Å². The second-order valence-corrected chi connectivity index (χ2v) is 4.82. The van der Waals surface area contributed by atoms with Gasteiger partial charge < -0.3 is 5.32 Å². The summed E-state index contributed by atoms with van der Waals surface area (Å²) >= 11 is 0. The van der Waals surface area contributed by atoms with Crippen LogP contribution in [-0.4, -0.2) is 24.7 Å². The number of nitrogens with one attached hydrogen (secondary N) is 1. The van der Waals surface area contributed by atoms with Gasteiger partial charge in [0.15, 0.2) is 0 Å². The predicted molar refractivity (Wildman–Crippen MR) is 63.5 cm³/mol. The van der Waals surface area contributed by atoms with E-state index in [1.54, 1.807) is 0 Å². The maximum Gasteiger partial charge on any atom is 0.411 e. The molecule has 23 heavy (non-hydrogen) atoms. The fourth-order valence-corrected chi connectivity index (χ4v) is 1.66. The number of alkyl halides is 8. The predicted octanol–water partition coefficient (Wildman–Crippen LogP) is 4.24. The van der Waals surface area contributed by atoms with Gasteiger partial charge in [0.05, 0.1) is 0 Å². The van der Waals surface area contributed by atoms with Crippen LogP contribution in [0.2, 0.25) is 0 Å². The summed E-state index contributed by atoms with van der Waals surface area (Å²) in [5, 5.41) is 1.16. The summed E-state index contributed by atoms with van der Waals surface area (Å²) in [5.74, 6) is -2.59. The Bertz CT molecular complexity index is 523. The lowest BCUT2D eigenvalue weighted by Gasteiger charge is -2.33. The molecular weight excluding hydrogens is 338 g/mol. The Labute approximate surface area is 125 Å². The van der Waals surface area contributed by atoms with E-state index in [0.717, 1.165) is 17.4 Å². The zero-order valence-corrected chi connectivity index (χ0v) is 11.5. The lowest BCUT2D eigenvalue weighted by Crippen LogP contribution is -2.58. The van der Waals surface area contributed by atoms with E-state index in [0.29, 0.717) is 0 Å². The van der Waals surface area contributed by atoms with Crippen molar-refractivity contribution >= 4 is 5.91 Å². The van der Waals surface area contributed by atoms with E-state index in [1.807, 2.05) is 0 Å². The van der Waals surface area contributed by atoms with Crippen LogP contribution in [-0.2, 0) is 4.79 Å². The monoisotopic (exact) mass is 349 g/mol. The fourth-order valence-electron chi connectivity index (χ4n) is 1.66. The molecule has 0 fully saturated rings. The highest BCUT2D eigenvalue weighted by atomic mass is 19.4. The summed E-state index contributed by atoms with van der Waals surface area (Å²) in [6.45, 7) is -0.393. The minimum absolute atomic E-state index is 0.317. The van der Waals surface area contributed by atoms with Crippen molar-refractivity contribution in [1.82, 2.24) is 5.32 Å². The molecule has 1 N–H and O–H groups in total. The van der Waals surface area contributed by atoms with E-state index in [-0.39, 0.29) is 5.56 Å². The van der Waals surface area contributed by atoms with Gasteiger partial charge in [-0.15, -0.1) is 0 Å². The van der Waals surface area contributed by atoms with Gasteiger partial charge in [-0.2, -0.15) is 26.3 Å². The van der Waals surface area contributed by atoms with E-state index < -0.39 is 43.1 Å². The van der Waals surface area contributed by atoms with Gasteiger partial charge in [-0.05, 0) is 12.5 Å². The Morgan fingerprint density at radius 2 is 1.39 bits per heavy atom. The molecule has 0 spiro atoms. The maximum atomic E-state index is 12.9. The molecule has 0 radical (unpaired) electrons. The van der Waals surface area contributed by atoms with Gasteiger partial charge in [-0.1, -0.05) is 30.3 Å². The van der Waals surface area contributed by atoms with Crippen molar-refractivity contribution < 1.29 is 39.9 Å². The van der Waals surface area contributed by atoms with Crippen LogP contribution in [0.4, 0.5) is 35.1 Å². The number of hydrogen-bond donors (Lipinski definition) is 1. The largest absolute Gasteiger partial charge is 0.411 e.